The van der Waals surface area contributed by atoms with Crippen LogP contribution >= 0.6 is 28.1 Å². The number of thiocarbonyl (C=S) groups is 1. The standard InChI is InChI=1S/C16H17BrN2S/c1-10-4-5-11(2)15(8-10)19-16(20)18-13-6-7-14(17)12(3)9-13/h4-9H,1-3H3,(H2,18,19,20). The van der Waals surface area contributed by atoms with Crippen LogP contribution in [0.25, 0.3) is 0 Å². The topological polar surface area (TPSA) is 24.1 Å². The van der Waals surface area contributed by atoms with Gasteiger partial charge in [-0.2, -0.15) is 0 Å². The summed E-state index contributed by atoms with van der Waals surface area (Å²) >= 11 is 8.85. The number of rotatable bonds is 2. The molecule has 2 aromatic rings. The molecule has 0 saturated heterocycles. The lowest BCUT2D eigenvalue weighted by Crippen LogP contribution is -2.19. The van der Waals surface area contributed by atoms with Crippen LogP contribution in [-0.4, -0.2) is 5.11 Å². The van der Waals surface area contributed by atoms with Gasteiger partial charge >= 0.3 is 0 Å². The van der Waals surface area contributed by atoms with E-state index < -0.39 is 0 Å². The number of hydrogen-bond donors (Lipinski definition) is 2. The maximum absolute atomic E-state index is 5.36. The lowest BCUT2D eigenvalue weighted by Gasteiger charge is -2.13. The van der Waals surface area contributed by atoms with Crippen LogP contribution in [0.5, 0.6) is 0 Å². The van der Waals surface area contributed by atoms with Crippen LogP contribution in [-0.2, 0) is 0 Å². The number of halogens is 1. The minimum absolute atomic E-state index is 0.598. The summed E-state index contributed by atoms with van der Waals surface area (Å²) in [5.41, 5.74) is 5.57. The second kappa shape index (κ2) is 6.37. The van der Waals surface area contributed by atoms with Crippen molar-refractivity contribution in [3.8, 4) is 0 Å². The number of benzene rings is 2. The second-order valence-electron chi connectivity index (χ2n) is 4.86. The molecule has 20 heavy (non-hydrogen) atoms. The van der Waals surface area contributed by atoms with Crippen molar-refractivity contribution in [2.75, 3.05) is 10.6 Å². The van der Waals surface area contributed by atoms with Crippen LogP contribution in [0.1, 0.15) is 16.7 Å². The summed E-state index contributed by atoms with van der Waals surface area (Å²) in [6.07, 6.45) is 0. The van der Waals surface area contributed by atoms with Gasteiger partial charge in [0, 0.05) is 15.8 Å². The molecule has 0 fully saturated rings. The molecule has 0 unspecified atom stereocenters. The van der Waals surface area contributed by atoms with E-state index in [9.17, 15) is 0 Å². The van der Waals surface area contributed by atoms with Gasteiger partial charge in [-0.25, -0.2) is 0 Å². The molecule has 0 aromatic heterocycles. The maximum atomic E-state index is 5.36. The Hall–Kier alpha value is -1.39. The van der Waals surface area contributed by atoms with E-state index in [1.807, 2.05) is 12.1 Å². The third-order valence-corrected chi connectivity index (χ3v) is 4.15. The first-order chi connectivity index (χ1) is 9.45. The predicted octanol–water partition coefficient (Wildman–Crippen LogP) is 5.18. The van der Waals surface area contributed by atoms with Crippen LogP contribution in [0.15, 0.2) is 40.9 Å². The molecule has 2 N–H and O–H groups in total. The van der Waals surface area contributed by atoms with E-state index in [2.05, 4.69) is 71.6 Å². The molecule has 4 heteroatoms. The van der Waals surface area contributed by atoms with Gasteiger partial charge in [0.2, 0.25) is 0 Å². The Kier molecular flexibility index (Phi) is 4.78. The summed E-state index contributed by atoms with van der Waals surface area (Å²) in [5.74, 6) is 0. The quantitative estimate of drug-likeness (QED) is 0.730. The highest BCUT2D eigenvalue weighted by molar-refractivity contribution is 9.10. The number of aryl methyl sites for hydroxylation is 3. The zero-order chi connectivity index (χ0) is 14.7. The molecule has 2 aromatic carbocycles. The monoisotopic (exact) mass is 348 g/mol. The van der Waals surface area contributed by atoms with Crippen LogP contribution < -0.4 is 10.6 Å². The van der Waals surface area contributed by atoms with E-state index >= 15 is 0 Å². The van der Waals surface area contributed by atoms with Crippen molar-refractivity contribution in [2.24, 2.45) is 0 Å². The molecule has 0 spiro atoms. The fourth-order valence-corrected chi connectivity index (χ4v) is 2.35. The Balaban J connectivity index is 2.09. The average molecular weight is 349 g/mol. The molecular weight excluding hydrogens is 332 g/mol. The minimum atomic E-state index is 0.598. The summed E-state index contributed by atoms with van der Waals surface area (Å²) in [7, 11) is 0. The van der Waals surface area contributed by atoms with Gasteiger partial charge in [-0.3, -0.25) is 0 Å². The van der Waals surface area contributed by atoms with E-state index in [0.717, 1.165) is 15.8 Å². The molecule has 2 rings (SSSR count). The fraction of sp³-hybridized carbons (Fsp3) is 0.188. The zero-order valence-electron chi connectivity index (χ0n) is 11.8. The summed E-state index contributed by atoms with van der Waals surface area (Å²) in [6.45, 7) is 6.18. The van der Waals surface area contributed by atoms with Crippen molar-refractivity contribution in [2.45, 2.75) is 20.8 Å². The van der Waals surface area contributed by atoms with Crippen LogP contribution in [0.4, 0.5) is 11.4 Å². The van der Waals surface area contributed by atoms with Crippen LogP contribution in [0.2, 0.25) is 0 Å². The van der Waals surface area contributed by atoms with Crippen molar-refractivity contribution in [1.29, 1.82) is 0 Å². The molecule has 0 bridgehead atoms. The van der Waals surface area contributed by atoms with E-state index in [1.54, 1.807) is 0 Å². The highest BCUT2D eigenvalue weighted by Gasteiger charge is 2.03. The highest BCUT2D eigenvalue weighted by atomic mass is 79.9. The molecular formula is C16H17BrN2S. The lowest BCUT2D eigenvalue weighted by molar-refractivity contribution is 1.39. The molecule has 0 atom stereocenters. The van der Waals surface area contributed by atoms with Crippen molar-refractivity contribution >= 4 is 44.6 Å². The van der Waals surface area contributed by atoms with E-state index in [0.29, 0.717) is 5.11 Å². The number of hydrogen-bond acceptors (Lipinski definition) is 1. The molecule has 0 aliphatic carbocycles. The van der Waals surface area contributed by atoms with Gasteiger partial charge in [-0.1, -0.05) is 28.1 Å². The fourth-order valence-electron chi connectivity index (χ4n) is 1.88. The summed E-state index contributed by atoms with van der Waals surface area (Å²) in [5, 5.41) is 7.04. The first-order valence-electron chi connectivity index (χ1n) is 6.37. The molecule has 0 aliphatic rings. The lowest BCUT2D eigenvalue weighted by atomic mass is 10.1. The molecule has 0 saturated carbocycles. The van der Waals surface area contributed by atoms with Crippen molar-refractivity contribution in [3.05, 3.63) is 57.6 Å². The van der Waals surface area contributed by atoms with E-state index in [-0.39, 0.29) is 0 Å². The van der Waals surface area contributed by atoms with Crippen molar-refractivity contribution < 1.29 is 0 Å². The number of nitrogens with one attached hydrogen (secondary N) is 2. The molecule has 2 nitrogen and oxygen atoms in total. The van der Waals surface area contributed by atoms with Crippen molar-refractivity contribution in [1.82, 2.24) is 0 Å². The Morgan fingerprint density at radius 1 is 0.950 bits per heavy atom. The average Bonchev–Trinajstić information content (AvgIpc) is 2.38. The summed E-state index contributed by atoms with van der Waals surface area (Å²) < 4.78 is 1.09. The van der Waals surface area contributed by atoms with Crippen LogP contribution in [0.3, 0.4) is 0 Å². The van der Waals surface area contributed by atoms with E-state index in [4.69, 9.17) is 12.2 Å². The molecule has 0 radical (unpaired) electrons. The molecule has 0 aliphatic heterocycles. The summed E-state index contributed by atoms with van der Waals surface area (Å²) in [6, 6.07) is 12.3. The van der Waals surface area contributed by atoms with Crippen LogP contribution in [0, 0.1) is 20.8 Å². The molecule has 0 heterocycles. The largest absolute Gasteiger partial charge is 0.332 e. The van der Waals surface area contributed by atoms with Gasteiger partial charge in [0.1, 0.15) is 0 Å². The molecule has 0 amide bonds. The smallest absolute Gasteiger partial charge is 0.175 e. The first-order valence-corrected chi connectivity index (χ1v) is 7.57. The van der Waals surface area contributed by atoms with Gasteiger partial charge in [0.15, 0.2) is 5.11 Å². The summed E-state index contributed by atoms with van der Waals surface area (Å²) in [4.78, 5) is 0. The highest BCUT2D eigenvalue weighted by Crippen LogP contribution is 2.21. The predicted molar refractivity (Wildman–Crippen MR) is 94.6 cm³/mol. The Morgan fingerprint density at radius 3 is 2.40 bits per heavy atom. The van der Waals surface area contributed by atoms with Gasteiger partial charge in [-0.05, 0) is 73.9 Å². The zero-order valence-corrected chi connectivity index (χ0v) is 14.2. The van der Waals surface area contributed by atoms with Gasteiger partial charge in [-0.15, -0.1) is 0 Å². The maximum Gasteiger partial charge on any atom is 0.175 e. The Labute approximate surface area is 133 Å². The number of anilines is 2. The first kappa shape index (κ1) is 15.0. The van der Waals surface area contributed by atoms with Crippen molar-refractivity contribution in [3.63, 3.8) is 0 Å². The van der Waals surface area contributed by atoms with Gasteiger partial charge < -0.3 is 10.6 Å². The normalized spacial score (nSPS) is 10.2. The Morgan fingerprint density at radius 2 is 1.70 bits per heavy atom. The Bertz CT molecular complexity index is 653. The van der Waals surface area contributed by atoms with E-state index in [1.165, 1.54) is 16.7 Å². The van der Waals surface area contributed by atoms with Gasteiger partial charge in [0.05, 0.1) is 0 Å². The third kappa shape index (κ3) is 3.81. The minimum Gasteiger partial charge on any atom is -0.332 e. The molecule has 104 valence electrons. The SMILES string of the molecule is Cc1ccc(C)c(NC(=S)Nc2ccc(Br)c(C)c2)c1. The van der Waals surface area contributed by atoms with Gasteiger partial charge in [0.25, 0.3) is 0 Å². The third-order valence-electron chi connectivity index (χ3n) is 3.06. The second-order valence-corrected chi connectivity index (χ2v) is 6.12.